The lowest BCUT2D eigenvalue weighted by molar-refractivity contribution is 0.387. The lowest BCUT2D eigenvalue weighted by atomic mass is 9.97. The Bertz CT molecular complexity index is 949. The highest BCUT2D eigenvalue weighted by molar-refractivity contribution is 6.30. The summed E-state index contributed by atoms with van der Waals surface area (Å²) in [5.74, 6) is 2.38. The van der Waals surface area contributed by atoms with Crippen LogP contribution in [0.4, 0.5) is 5.88 Å². The van der Waals surface area contributed by atoms with E-state index < -0.39 is 0 Å². The first kappa shape index (κ1) is 16.6. The van der Waals surface area contributed by atoms with E-state index in [1.165, 1.54) is 0 Å². The van der Waals surface area contributed by atoms with Gasteiger partial charge >= 0.3 is 0 Å². The zero-order valence-corrected chi connectivity index (χ0v) is 14.9. The molecule has 0 spiro atoms. The molecule has 0 bridgehead atoms. The molecule has 7 nitrogen and oxygen atoms in total. The molecule has 0 aliphatic carbocycles. The summed E-state index contributed by atoms with van der Waals surface area (Å²) in [5, 5.41) is 18.2. The molecule has 3 aromatic rings. The Hall–Kier alpha value is -2.85. The maximum atomic E-state index is 9.18. The molecule has 0 amide bonds. The van der Waals surface area contributed by atoms with Gasteiger partial charge in [-0.3, -0.25) is 0 Å². The van der Waals surface area contributed by atoms with Gasteiger partial charge in [-0.05, 0) is 37.1 Å². The summed E-state index contributed by atoms with van der Waals surface area (Å²) < 4.78 is 11.5. The molecule has 132 valence electrons. The van der Waals surface area contributed by atoms with Crippen molar-refractivity contribution < 1.29 is 8.83 Å². The Balaban J connectivity index is 1.45. The summed E-state index contributed by atoms with van der Waals surface area (Å²) in [5.41, 5.74) is 1.19. The van der Waals surface area contributed by atoms with Crippen molar-refractivity contribution in [1.82, 2.24) is 15.2 Å². The number of aromatic nitrogens is 3. The lowest BCUT2D eigenvalue weighted by Crippen LogP contribution is -2.33. The number of nitrogens with zero attached hydrogens (tertiary/aromatic N) is 5. The summed E-state index contributed by atoms with van der Waals surface area (Å²) in [7, 11) is 0. The van der Waals surface area contributed by atoms with E-state index in [4.69, 9.17) is 20.4 Å². The van der Waals surface area contributed by atoms with Crippen molar-refractivity contribution in [3.05, 3.63) is 46.8 Å². The van der Waals surface area contributed by atoms with Crippen LogP contribution in [-0.4, -0.2) is 28.3 Å². The van der Waals surface area contributed by atoms with E-state index in [-0.39, 0.29) is 5.92 Å². The smallest absolute Gasteiger partial charge is 0.247 e. The second-order valence-electron chi connectivity index (χ2n) is 6.21. The second kappa shape index (κ2) is 6.81. The quantitative estimate of drug-likeness (QED) is 0.690. The van der Waals surface area contributed by atoms with Crippen molar-refractivity contribution in [1.29, 1.82) is 5.26 Å². The van der Waals surface area contributed by atoms with Gasteiger partial charge in [0.05, 0.1) is 0 Å². The highest BCUT2D eigenvalue weighted by Crippen LogP contribution is 2.32. The Morgan fingerprint density at radius 3 is 2.58 bits per heavy atom. The molecule has 0 N–H and O–H groups in total. The summed E-state index contributed by atoms with van der Waals surface area (Å²) in [6.07, 6.45) is 1.68. The molecule has 4 rings (SSSR count). The standard InChI is InChI=1S/C18H16ClN5O2/c1-11-21-15(10-20)18(25-11)24-8-6-13(7-9-24)17-23-22-16(26-17)12-2-4-14(19)5-3-12/h2-5,13H,6-9H2,1H3. The van der Waals surface area contributed by atoms with Crippen LogP contribution in [0.5, 0.6) is 0 Å². The molecule has 1 aromatic carbocycles. The van der Waals surface area contributed by atoms with E-state index in [1.54, 1.807) is 19.1 Å². The maximum absolute atomic E-state index is 9.18. The van der Waals surface area contributed by atoms with Gasteiger partial charge in [0, 0.05) is 36.5 Å². The number of hydrogen-bond acceptors (Lipinski definition) is 7. The number of piperidine rings is 1. The van der Waals surface area contributed by atoms with Gasteiger partial charge < -0.3 is 13.7 Å². The first-order chi connectivity index (χ1) is 12.6. The molecule has 26 heavy (non-hydrogen) atoms. The predicted octanol–water partition coefficient (Wildman–Crippen LogP) is 3.94. The SMILES string of the molecule is Cc1nc(C#N)c(N2CCC(c3nnc(-c4ccc(Cl)cc4)o3)CC2)o1. The van der Waals surface area contributed by atoms with Crippen LogP contribution in [0.1, 0.15) is 36.2 Å². The third-order valence-electron chi connectivity index (χ3n) is 4.49. The second-order valence-corrected chi connectivity index (χ2v) is 6.65. The molecule has 0 atom stereocenters. The Labute approximate surface area is 155 Å². The average molecular weight is 370 g/mol. The average Bonchev–Trinajstić information content (AvgIpc) is 3.29. The molecular formula is C18H16ClN5O2. The van der Waals surface area contributed by atoms with E-state index in [2.05, 4.69) is 21.3 Å². The zero-order chi connectivity index (χ0) is 18.1. The number of rotatable bonds is 3. The molecule has 0 saturated carbocycles. The van der Waals surface area contributed by atoms with E-state index in [0.717, 1.165) is 31.5 Å². The van der Waals surface area contributed by atoms with E-state index in [9.17, 15) is 5.26 Å². The topological polar surface area (TPSA) is 92.0 Å². The fourth-order valence-electron chi connectivity index (χ4n) is 3.14. The maximum Gasteiger partial charge on any atom is 0.247 e. The van der Waals surface area contributed by atoms with E-state index >= 15 is 0 Å². The van der Waals surface area contributed by atoms with Crippen LogP contribution in [0.2, 0.25) is 5.02 Å². The number of anilines is 1. The molecule has 1 saturated heterocycles. The van der Waals surface area contributed by atoms with Gasteiger partial charge in [-0.15, -0.1) is 10.2 Å². The van der Waals surface area contributed by atoms with Crippen molar-refractivity contribution in [2.45, 2.75) is 25.7 Å². The Morgan fingerprint density at radius 2 is 1.88 bits per heavy atom. The van der Waals surface area contributed by atoms with Gasteiger partial charge in [0.25, 0.3) is 0 Å². The largest absolute Gasteiger partial charge is 0.424 e. The van der Waals surface area contributed by atoms with Gasteiger partial charge in [-0.25, -0.2) is 4.98 Å². The minimum atomic E-state index is 0.189. The molecule has 0 radical (unpaired) electrons. The Kier molecular flexibility index (Phi) is 4.35. The van der Waals surface area contributed by atoms with Crippen molar-refractivity contribution in [2.24, 2.45) is 0 Å². The molecule has 1 fully saturated rings. The summed E-state index contributed by atoms with van der Waals surface area (Å²) in [6.45, 7) is 3.23. The third kappa shape index (κ3) is 3.16. The minimum absolute atomic E-state index is 0.189. The van der Waals surface area contributed by atoms with Crippen LogP contribution in [0.25, 0.3) is 11.5 Å². The molecule has 1 aliphatic heterocycles. The number of nitriles is 1. The fourth-order valence-corrected chi connectivity index (χ4v) is 3.27. The molecule has 8 heteroatoms. The van der Waals surface area contributed by atoms with Gasteiger partial charge in [0.1, 0.15) is 6.07 Å². The lowest BCUT2D eigenvalue weighted by Gasteiger charge is -2.29. The number of aryl methyl sites for hydroxylation is 1. The van der Waals surface area contributed by atoms with Crippen molar-refractivity contribution in [3.8, 4) is 17.5 Å². The normalized spacial score (nSPS) is 15.2. The summed E-state index contributed by atoms with van der Waals surface area (Å²) in [6, 6.07) is 9.40. The third-order valence-corrected chi connectivity index (χ3v) is 4.74. The molecule has 0 unspecified atom stereocenters. The first-order valence-electron chi connectivity index (χ1n) is 8.36. The monoisotopic (exact) mass is 369 g/mol. The summed E-state index contributed by atoms with van der Waals surface area (Å²) >= 11 is 5.91. The van der Waals surface area contributed by atoms with Gasteiger partial charge in [-0.1, -0.05) is 11.6 Å². The van der Waals surface area contributed by atoms with Crippen LogP contribution in [-0.2, 0) is 0 Å². The fraction of sp³-hybridized carbons (Fsp3) is 0.333. The number of halogens is 1. The van der Waals surface area contributed by atoms with Gasteiger partial charge in [0.15, 0.2) is 5.89 Å². The summed E-state index contributed by atoms with van der Waals surface area (Å²) in [4.78, 5) is 6.15. The van der Waals surface area contributed by atoms with Gasteiger partial charge in [0.2, 0.25) is 23.4 Å². The van der Waals surface area contributed by atoms with Crippen LogP contribution in [0.15, 0.2) is 33.1 Å². The highest BCUT2D eigenvalue weighted by atomic mass is 35.5. The highest BCUT2D eigenvalue weighted by Gasteiger charge is 2.28. The zero-order valence-electron chi connectivity index (χ0n) is 14.1. The number of benzene rings is 1. The van der Waals surface area contributed by atoms with Crippen molar-refractivity contribution >= 4 is 17.5 Å². The molecular weight excluding hydrogens is 354 g/mol. The van der Waals surface area contributed by atoms with E-state index in [0.29, 0.717) is 34.3 Å². The first-order valence-corrected chi connectivity index (χ1v) is 8.73. The van der Waals surface area contributed by atoms with Crippen molar-refractivity contribution in [2.75, 3.05) is 18.0 Å². The van der Waals surface area contributed by atoms with Crippen LogP contribution < -0.4 is 4.90 Å². The van der Waals surface area contributed by atoms with Crippen LogP contribution in [0.3, 0.4) is 0 Å². The number of oxazole rings is 1. The predicted molar refractivity (Wildman–Crippen MR) is 94.9 cm³/mol. The van der Waals surface area contributed by atoms with Crippen LogP contribution in [0, 0.1) is 18.3 Å². The Morgan fingerprint density at radius 1 is 1.15 bits per heavy atom. The van der Waals surface area contributed by atoms with E-state index in [1.807, 2.05) is 17.0 Å². The van der Waals surface area contributed by atoms with Gasteiger partial charge in [-0.2, -0.15) is 5.26 Å². The minimum Gasteiger partial charge on any atom is -0.424 e. The van der Waals surface area contributed by atoms with Crippen molar-refractivity contribution in [3.63, 3.8) is 0 Å². The molecule has 1 aliphatic rings. The number of hydrogen-bond donors (Lipinski definition) is 0. The molecule has 2 aromatic heterocycles. The van der Waals surface area contributed by atoms with Crippen LogP contribution >= 0.6 is 11.6 Å². The molecule has 3 heterocycles.